The molecular weight excluding hydrogens is 407 g/mol. The number of hydrogen-bond donors (Lipinski definition) is 1. The van der Waals surface area contributed by atoms with Crippen LogP contribution in [0.5, 0.6) is 0 Å². The maximum absolute atomic E-state index is 13.5. The molecule has 1 saturated carbocycles. The number of ether oxygens (including phenoxy) is 1. The molecule has 1 aromatic heterocycles. The lowest BCUT2D eigenvalue weighted by molar-refractivity contribution is -0.142. The van der Waals surface area contributed by atoms with Crippen molar-refractivity contribution in [3.05, 3.63) is 66.1 Å². The summed E-state index contributed by atoms with van der Waals surface area (Å²) in [5, 5.41) is 13.7. The van der Waals surface area contributed by atoms with Crippen LogP contribution in [0.4, 0.5) is 4.39 Å². The van der Waals surface area contributed by atoms with Gasteiger partial charge in [-0.1, -0.05) is 30.3 Å². The topological polar surface area (TPSA) is 64.4 Å². The monoisotopic (exact) mass is 436 g/mol. The third kappa shape index (κ3) is 5.25. The maximum Gasteiger partial charge on any atom is 0.329 e. The van der Waals surface area contributed by atoms with Crippen LogP contribution in [0.1, 0.15) is 31.4 Å². The van der Waals surface area contributed by atoms with E-state index < -0.39 is 5.97 Å². The minimum atomic E-state index is -0.918. The quantitative estimate of drug-likeness (QED) is 0.501. The molecule has 5 nitrogen and oxygen atoms in total. The summed E-state index contributed by atoms with van der Waals surface area (Å²) in [6.07, 6.45) is 4.24. The lowest BCUT2D eigenvalue weighted by atomic mass is 9.82. The molecule has 1 fully saturated rings. The Kier molecular flexibility index (Phi) is 7.00. The predicted octanol–water partition coefficient (Wildman–Crippen LogP) is 5.57. The second-order valence-corrected chi connectivity index (χ2v) is 8.66. The predicted molar refractivity (Wildman–Crippen MR) is 122 cm³/mol. The molecule has 0 saturated heterocycles. The normalized spacial score (nSPS) is 18.6. The second-order valence-electron chi connectivity index (χ2n) is 8.66. The summed E-state index contributed by atoms with van der Waals surface area (Å²) in [6.45, 7) is 3.25. The van der Waals surface area contributed by atoms with Gasteiger partial charge in [-0.3, -0.25) is 4.68 Å². The van der Waals surface area contributed by atoms with Gasteiger partial charge in [0, 0.05) is 23.4 Å². The lowest BCUT2D eigenvalue weighted by Crippen LogP contribution is -2.23. The van der Waals surface area contributed by atoms with Gasteiger partial charge < -0.3 is 9.84 Å². The van der Waals surface area contributed by atoms with Gasteiger partial charge in [0.15, 0.2) is 0 Å². The molecule has 0 bridgehead atoms. The Morgan fingerprint density at radius 3 is 2.34 bits per heavy atom. The minimum Gasteiger partial charge on any atom is -0.480 e. The Morgan fingerprint density at radius 1 is 1.03 bits per heavy atom. The molecule has 0 unspecified atom stereocenters. The van der Waals surface area contributed by atoms with E-state index in [-0.39, 0.29) is 12.4 Å². The lowest BCUT2D eigenvalue weighted by Gasteiger charge is -2.28. The summed E-state index contributed by atoms with van der Waals surface area (Å²) < 4.78 is 20.9. The molecule has 1 aliphatic carbocycles. The molecule has 1 N–H and O–H groups in total. The van der Waals surface area contributed by atoms with Crippen LogP contribution in [0, 0.1) is 24.6 Å². The minimum absolute atomic E-state index is 0.221. The van der Waals surface area contributed by atoms with Gasteiger partial charge in [-0.05, 0) is 74.3 Å². The van der Waals surface area contributed by atoms with Gasteiger partial charge in [-0.25, -0.2) is 9.18 Å². The van der Waals surface area contributed by atoms with Crippen molar-refractivity contribution in [2.45, 2.75) is 39.2 Å². The molecule has 0 atom stereocenters. The van der Waals surface area contributed by atoms with Crippen LogP contribution in [-0.2, 0) is 16.1 Å². The molecule has 0 amide bonds. The van der Waals surface area contributed by atoms with E-state index in [9.17, 15) is 9.18 Å². The largest absolute Gasteiger partial charge is 0.480 e. The van der Waals surface area contributed by atoms with E-state index in [1.165, 1.54) is 12.1 Å². The Balaban J connectivity index is 1.51. The number of rotatable bonds is 8. The number of benzene rings is 2. The molecular formula is C26H29FN2O3. The number of carboxylic acid groups (broad SMARTS) is 1. The van der Waals surface area contributed by atoms with Crippen LogP contribution in [0.15, 0.2) is 54.6 Å². The number of aromatic nitrogens is 2. The van der Waals surface area contributed by atoms with E-state index >= 15 is 0 Å². The van der Waals surface area contributed by atoms with E-state index in [0.717, 1.165) is 60.3 Å². The van der Waals surface area contributed by atoms with Crippen LogP contribution in [0.25, 0.3) is 22.4 Å². The van der Waals surface area contributed by atoms with Gasteiger partial charge in [0.25, 0.3) is 0 Å². The summed E-state index contributed by atoms with van der Waals surface area (Å²) in [4.78, 5) is 10.6. The van der Waals surface area contributed by atoms with Crippen molar-refractivity contribution in [1.29, 1.82) is 0 Å². The first-order valence-electron chi connectivity index (χ1n) is 11.2. The van der Waals surface area contributed by atoms with Gasteiger partial charge in [0.05, 0.1) is 6.61 Å². The Labute approximate surface area is 187 Å². The zero-order valence-electron chi connectivity index (χ0n) is 18.3. The fraction of sp³-hybridized carbons (Fsp3) is 0.385. The molecule has 1 heterocycles. The standard InChI is InChI=1S/C26H29FN2O3/c1-18-25(21-5-3-2-4-6-21)26(22-11-13-23(27)14-12-22)28-29(18)15-19-7-9-20(10-8-19)16-32-17-24(30)31/h2-6,11-14,19-20H,7-10,15-17H2,1H3,(H,30,31). The number of halogens is 1. The summed E-state index contributed by atoms with van der Waals surface area (Å²) in [7, 11) is 0. The summed E-state index contributed by atoms with van der Waals surface area (Å²) in [5.41, 5.74) is 5.10. The van der Waals surface area contributed by atoms with Crippen molar-refractivity contribution < 1.29 is 19.0 Å². The summed E-state index contributed by atoms with van der Waals surface area (Å²) in [5.74, 6) is -0.220. The van der Waals surface area contributed by atoms with Crippen LogP contribution in [0.2, 0.25) is 0 Å². The highest BCUT2D eigenvalue weighted by Crippen LogP contribution is 2.36. The number of hydrogen-bond acceptors (Lipinski definition) is 3. The molecule has 0 radical (unpaired) electrons. The van der Waals surface area contributed by atoms with Crippen LogP contribution >= 0.6 is 0 Å². The average Bonchev–Trinajstić information content (AvgIpc) is 3.11. The highest BCUT2D eigenvalue weighted by Gasteiger charge is 2.24. The number of carbonyl (C=O) groups is 1. The summed E-state index contributed by atoms with van der Waals surface area (Å²) >= 11 is 0. The third-order valence-corrected chi connectivity index (χ3v) is 6.36. The molecule has 1 aliphatic rings. The molecule has 4 rings (SSSR count). The van der Waals surface area contributed by atoms with Crippen molar-refractivity contribution in [2.24, 2.45) is 11.8 Å². The first kappa shape index (κ1) is 22.2. The molecule has 0 spiro atoms. The molecule has 0 aliphatic heterocycles. The van der Waals surface area contributed by atoms with E-state index in [2.05, 4.69) is 23.7 Å². The van der Waals surface area contributed by atoms with Crippen LogP contribution < -0.4 is 0 Å². The number of nitrogens with zero attached hydrogens (tertiary/aromatic N) is 2. The highest BCUT2D eigenvalue weighted by atomic mass is 19.1. The summed E-state index contributed by atoms with van der Waals surface area (Å²) in [6, 6.07) is 16.8. The molecule has 6 heteroatoms. The first-order chi connectivity index (χ1) is 15.5. The zero-order valence-corrected chi connectivity index (χ0v) is 18.3. The maximum atomic E-state index is 13.5. The SMILES string of the molecule is Cc1c(-c2ccccc2)c(-c2ccc(F)cc2)nn1CC1CCC(COCC(=O)O)CC1. The van der Waals surface area contributed by atoms with Gasteiger partial charge in [0.1, 0.15) is 18.1 Å². The van der Waals surface area contributed by atoms with Crippen LogP contribution in [-0.4, -0.2) is 34.1 Å². The fourth-order valence-electron chi connectivity index (χ4n) is 4.62. The van der Waals surface area contributed by atoms with Crippen molar-refractivity contribution >= 4 is 5.97 Å². The van der Waals surface area contributed by atoms with Crippen molar-refractivity contribution in [3.8, 4) is 22.4 Å². The van der Waals surface area contributed by atoms with Gasteiger partial charge in [0.2, 0.25) is 0 Å². The molecule has 3 aromatic rings. The number of carboxylic acids is 1. The number of aliphatic carboxylic acids is 1. The Hall–Kier alpha value is -2.99. The molecule has 168 valence electrons. The average molecular weight is 437 g/mol. The first-order valence-corrected chi connectivity index (χ1v) is 11.2. The fourth-order valence-corrected chi connectivity index (χ4v) is 4.62. The van der Waals surface area contributed by atoms with E-state index in [4.69, 9.17) is 14.9 Å². The molecule has 2 aromatic carbocycles. The van der Waals surface area contributed by atoms with Gasteiger partial charge in [-0.2, -0.15) is 5.10 Å². The van der Waals surface area contributed by atoms with E-state index in [1.807, 2.05) is 18.2 Å². The third-order valence-electron chi connectivity index (χ3n) is 6.36. The van der Waals surface area contributed by atoms with Crippen molar-refractivity contribution in [1.82, 2.24) is 9.78 Å². The Bertz CT molecular complexity index is 1040. The van der Waals surface area contributed by atoms with Crippen LogP contribution in [0.3, 0.4) is 0 Å². The Morgan fingerprint density at radius 2 is 1.69 bits per heavy atom. The smallest absolute Gasteiger partial charge is 0.329 e. The van der Waals surface area contributed by atoms with E-state index in [0.29, 0.717) is 18.4 Å². The van der Waals surface area contributed by atoms with Crippen molar-refractivity contribution in [3.63, 3.8) is 0 Å². The van der Waals surface area contributed by atoms with E-state index in [1.54, 1.807) is 12.1 Å². The van der Waals surface area contributed by atoms with Gasteiger partial charge >= 0.3 is 5.97 Å². The van der Waals surface area contributed by atoms with Gasteiger partial charge in [-0.15, -0.1) is 0 Å². The second kappa shape index (κ2) is 10.1. The zero-order chi connectivity index (χ0) is 22.5. The highest BCUT2D eigenvalue weighted by molar-refractivity contribution is 5.82. The molecule has 32 heavy (non-hydrogen) atoms. The van der Waals surface area contributed by atoms with Crippen molar-refractivity contribution in [2.75, 3.05) is 13.2 Å².